The maximum atomic E-state index is 12.2. The number of carbonyl (C=O) groups excluding carboxylic acids is 1. The minimum absolute atomic E-state index is 0.0754. The van der Waals surface area contributed by atoms with Gasteiger partial charge in [-0.05, 0) is 18.5 Å². The number of benzene rings is 1. The Morgan fingerprint density at radius 1 is 1.39 bits per heavy atom. The van der Waals surface area contributed by atoms with E-state index in [1.165, 1.54) is 11.5 Å². The van der Waals surface area contributed by atoms with Gasteiger partial charge < -0.3 is 0 Å². The van der Waals surface area contributed by atoms with Crippen LogP contribution in [0.1, 0.15) is 23.0 Å². The molecule has 1 aromatic heterocycles. The van der Waals surface area contributed by atoms with Gasteiger partial charge in [-0.25, -0.2) is 0 Å². The van der Waals surface area contributed by atoms with E-state index >= 15 is 0 Å². The zero-order chi connectivity index (χ0) is 13.0. The highest BCUT2D eigenvalue weighted by molar-refractivity contribution is 8.01. The van der Waals surface area contributed by atoms with E-state index in [0.717, 1.165) is 15.5 Å². The Morgan fingerprint density at radius 2 is 2.11 bits per heavy atom. The van der Waals surface area contributed by atoms with Crippen LogP contribution in [0.2, 0.25) is 0 Å². The Morgan fingerprint density at radius 3 is 2.78 bits per heavy atom. The van der Waals surface area contributed by atoms with Crippen LogP contribution < -0.4 is 0 Å². The minimum Gasteiger partial charge on any atom is -0.287 e. The van der Waals surface area contributed by atoms with Gasteiger partial charge in [0.05, 0.1) is 0 Å². The van der Waals surface area contributed by atoms with Crippen LogP contribution in [0, 0.1) is 0 Å². The summed E-state index contributed by atoms with van der Waals surface area (Å²) in [4.78, 5) is 12.2. The molecule has 0 N–H and O–H groups in total. The third-order valence-corrected chi connectivity index (χ3v) is 4.35. The lowest BCUT2D eigenvalue weighted by Crippen LogP contribution is -2.03. The van der Waals surface area contributed by atoms with Gasteiger partial charge in [-0.3, -0.25) is 4.79 Å². The van der Waals surface area contributed by atoms with Crippen molar-refractivity contribution in [1.29, 1.82) is 0 Å². The summed E-state index contributed by atoms with van der Waals surface area (Å²) in [5, 5.41) is 3.94. The molecule has 0 radical (unpaired) electrons. The van der Waals surface area contributed by atoms with E-state index in [-0.39, 0.29) is 5.78 Å². The van der Waals surface area contributed by atoms with Crippen molar-refractivity contribution in [2.75, 3.05) is 5.75 Å². The lowest BCUT2D eigenvalue weighted by Gasteiger charge is -2.00. The summed E-state index contributed by atoms with van der Waals surface area (Å²) in [5.74, 6) is 0.701. The van der Waals surface area contributed by atoms with Gasteiger partial charge in [0.2, 0.25) is 5.78 Å². The molecular weight excluding hydrogens is 264 g/mol. The molecule has 0 aliphatic carbocycles. The smallest absolute Gasteiger partial charge is 0.215 e. The van der Waals surface area contributed by atoms with E-state index in [2.05, 4.69) is 16.2 Å². The first kappa shape index (κ1) is 13.0. The highest BCUT2D eigenvalue weighted by Crippen LogP contribution is 2.28. The fourth-order valence-electron chi connectivity index (χ4n) is 1.33. The maximum absolute atomic E-state index is 12.2. The highest BCUT2D eigenvalue weighted by Gasteiger charge is 2.18. The molecule has 5 heteroatoms. The predicted molar refractivity (Wildman–Crippen MR) is 75.3 cm³/mol. The third kappa shape index (κ3) is 3.05. The van der Waals surface area contributed by atoms with E-state index in [1.54, 1.807) is 23.9 Å². The molecule has 2 rings (SSSR count). The number of rotatable bonds is 5. The van der Waals surface area contributed by atoms with Crippen molar-refractivity contribution in [2.24, 2.45) is 0 Å². The lowest BCUT2D eigenvalue weighted by molar-refractivity contribution is 0.103. The average Bonchev–Trinajstić information content (AvgIpc) is 2.85. The van der Waals surface area contributed by atoms with Crippen LogP contribution in [0.3, 0.4) is 0 Å². The van der Waals surface area contributed by atoms with Gasteiger partial charge in [-0.15, -0.1) is 16.9 Å². The molecule has 0 atom stereocenters. The number of aromatic nitrogens is 2. The van der Waals surface area contributed by atoms with E-state index in [0.29, 0.717) is 11.3 Å². The van der Waals surface area contributed by atoms with Gasteiger partial charge >= 0.3 is 0 Å². The summed E-state index contributed by atoms with van der Waals surface area (Å²) in [6.45, 7) is 5.80. The fraction of sp³-hybridized carbons (Fsp3) is 0.154. The first-order valence-electron chi connectivity index (χ1n) is 5.38. The highest BCUT2D eigenvalue weighted by atomic mass is 32.2. The summed E-state index contributed by atoms with van der Waals surface area (Å²) in [5.41, 5.74) is 2.14. The lowest BCUT2D eigenvalue weighted by atomic mass is 10.1. The Hall–Kier alpha value is -1.46. The molecule has 92 valence electrons. The van der Waals surface area contributed by atoms with Gasteiger partial charge in [0.25, 0.3) is 0 Å². The molecule has 0 bridgehead atoms. The fourth-order valence-corrected chi connectivity index (χ4v) is 2.88. The Labute approximate surface area is 114 Å². The second kappa shape index (κ2) is 5.93. The molecule has 18 heavy (non-hydrogen) atoms. The molecule has 1 heterocycles. The number of nitrogens with zero attached hydrogens (tertiary/aromatic N) is 2. The molecular formula is C13H12N2OS2. The largest absolute Gasteiger partial charge is 0.287 e. The quantitative estimate of drug-likeness (QED) is 0.476. The van der Waals surface area contributed by atoms with Gasteiger partial charge in [-0.1, -0.05) is 47.0 Å². The van der Waals surface area contributed by atoms with Crippen molar-refractivity contribution in [1.82, 2.24) is 9.59 Å². The summed E-state index contributed by atoms with van der Waals surface area (Å²) >= 11 is 2.81. The number of hydrogen-bond donors (Lipinski definition) is 0. The molecule has 1 aromatic carbocycles. The summed E-state index contributed by atoms with van der Waals surface area (Å²) < 4.78 is 4.72. The number of ketones is 1. The van der Waals surface area contributed by atoms with Gasteiger partial charge in [0.1, 0.15) is 4.21 Å². The topological polar surface area (TPSA) is 42.9 Å². The first-order chi connectivity index (χ1) is 8.68. The predicted octanol–water partition coefficient (Wildman–Crippen LogP) is 3.44. The Balaban J connectivity index is 2.21. The SMILES string of the molecule is C=C(C)CSc1snnc1C(=O)c1ccccc1. The van der Waals surface area contributed by atoms with E-state index in [4.69, 9.17) is 0 Å². The van der Waals surface area contributed by atoms with Crippen LogP contribution in [0.25, 0.3) is 0 Å². The van der Waals surface area contributed by atoms with Crippen molar-refractivity contribution < 1.29 is 4.79 Å². The standard InChI is InChI=1S/C13H12N2OS2/c1-9(2)8-17-13-11(14-15-18-13)12(16)10-6-4-3-5-7-10/h3-7H,1,8H2,2H3. The second-order valence-electron chi connectivity index (χ2n) is 3.85. The molecule has 0 aliphatic heterocycles. The maximum Gasteiger partial charge on any atom is 0.215 e. The molecule has 0 fully saturated rings. The van der Waals surface area contributed by atoms with E-state index in [1.807, 2.05) is 25.1 Å². The molecule has 0 saturated heterocycles. The zero-order valence-electron chi connectivity index (χ0n) is 9.92. The summed E-state index contributed by atoms with van der Waals surface area (Å²) in [7, 11) is 0. The zero-order valence-corrected chi connectivity index (χ0v) is 11.6. The van der Waals surface area contributed by atoms with E-state index in [9.17, 15) is 4.79 Å². The van der Waals surface area contributed by atoms with Gasteiger partial charge in [-0.2, -0.15) is 0 Å². The Kier molecular flexibility index (Phi) is 4.28. The second-order valence-corrected chi connectivity index (χ2v) is 5.85. The van der Waals surface area contributed by atoms with Crippen LogP contribution in [-0.2, 0) is 0 Å². The van der Waals surface area contributed by atoms with Crippen LogP contribution in [0.5, 0.6) is 0 Å². The molecule has 2 aromatic rings. The summed E-state index contributed by atoms with van der Waals surface area (Å²) in [6, 6.07) is 9.14. The molecule has 0 unspecified atom stereocenters. The summed E-state index contributed by atoms with van der Waals surface area (Å²) in [6.07, 6.45) is 0. The number of carbonyl (C=O) groups is 1. The van der Waals surface area contributed by atoms with Gasteiger partial charge in [0.15, 0.2) is 5.69 Å². The monoisotopic (exact) mass is 276 g/mol. The van der Waals surface area contributed by atoms with Crippen molar-refractivity contribution in [3.8, 4) is 0 Å². The van der Waals surface area contributed by atoms with E-state index < -0.39 is 0 Å². The average molecular weight is 276 g/mol. The Bertz CT molecular complexity index is 563. The van der Waals surface area contributed by atoms with Crippen molar-refractivity contribution in [3.63, 3.8) is 0 Å². The van der Waals surface area contributed by atoms with Crippen molar-refractivity contribution in [3.05, 3.63) is 53.7 Å². The number of thioether (sulfide) groups is 1. The first-order valence-corrected chi connectivity index (χ1v) is 7.13. The van der Waals surface area contributed by atoms with Crippen LogP contribution in [-0.4, -0.2) is 21.1 Å². The molecule has 0 spiro atoms. The molecule has 0 aliphatic rings. The van der Waals surface area contributed by atoms with Crippen LogP contribution in [0.15, 0.2) is 46.7 Å². The van der Waals surface area contributed by atoms with Crippen molar-refractivity contribution >= 4 is 29.1 Å². The van der Waals surface area contributed by atoms with Crippen LogP contribution >= 0.6 is 23.3 Å². The normalized spacial score (nSPS) is 10.3. The molecule has 0 amide bonds. The minimum atomic E-state index is -0.0754. The number of hydrogen-bond acceptors (Lipinski definition) is 5. The van der Waals surface area contributed by atoms with Crippen LogP contribution in [0.4, 0.5) is 0 Å². The molecule has 0 saturated carbocycles. The van der Waals surface area contributed by atoms with Gasteiger partial charge in [0, 0.05) is 11.3 Å². The third-order valence-electron chi connectivity index (χ3n) is 2.16. The van der Waals surface area contributed by atoms with Crippen molar-refractivity contribution in [2.45, 2.75) is 11.1 Å². The molecule has 3 nitrogen and oxygen atoms in total.